The maximum atomic E-state index is 11.9. The third-order valence-corrected chi connectivity index (χ3v) is 2.34. The first kappa shape index (κ1) is 13.1. The van der Waals surface area contributed by atoms with Crippen molar-refractivity contribution in [1.29, 1.82) is 0 Å². The number of nitrogens with two attached hydrogens (primary N) is 1. The fraction of sp³-hybridized carbons (Fsp3) is 0.308. The summed E-state index contributed by atoms with van der Waals surface area (Å²) < 4.78 is 0. The molecule has 4 heteroatoms. The average Bonchev–Trinajstić information content (AvgIpc) is 2.28. The topological polar surface area (TPSA) is 58.4 Å². The number of carbonyl (C=O) groups is 1. The maximum absolute atomic E-state index is 11.9. The Morgan fingerprint density at radius 1 is 1.53 bits per heavy atom. The summed E-state index contributed by atoms with van der Waals surface area (Å²) in [5.74, 6) is -0.0360. The third-order valence-electron chi connectivity index (χ3n) is 2.34. The highest BCUT2D eigenvalue weighted by Gasteiger charge is 2.12. The molecule has 0 aromatic heterocycles. The lowest BCUT2D eigenvalue weighted by Crippen LogP contribution is -2.23. The van der Waals surface area contributed by atoms with Crippen LogP contribution in [-0.2, 0) is 0 Å². The molecular weight excluding hydrogens is 214 g/mol. The Kier molecular flexibility index (Phi) is 4.57. The van der Waals surface area contributed by atoms with E-state index in [0.29, 0.717) is 11.3 Å². The zero-order valence-electron chi connectivity index (χ0n) is 10.4. The highest BCUT2D eigenvalue weighted by molar-refractivity contribution is 5.99. The zero-order chi connectivity index (χ0) is 12.8. The molecule has 0 saturated heterocycles. The van der Waals surface area contributed by atoms with Crippen molar-refractivity contribution >= 4 is 17.3 Å². The van der Waals surface area contributed by atoms with Gasteiger partial charge in [0, 0.05) is 32.0 Å². The monoisotopic (exact) mass is 233 g/mol. The van der Waals surface area contributed by atoms with Crippen molar-refractivity contribution in [3.05, 3.63) is 36.4 Å². The Morgan fingerprint density at radius 3 is 2.82 bits per heavy atom. The van der Waals surface area contributed by atoms with Gasteiger partial charge in [-0.1, -0.05) is 6.08 Å². The SMILES string of the molecule is C=CCCNc1cc(N)ccc1C(=O)N(C)C. The van der Waals surface area contributed by atoms with Crippen molar-refractivity contribution in [3.8, 4) is 0 Å². The molecule has 0 atom stereocenters. The standard InChI is InChI=1S/C13H19N3O/c1-4-5-8-15-12-9-10(14)6-7-11(12)13(17)16(2)3/h4,6-7,9,15H,1,5,8,14H2,2-3H3. The second-order valence-corrected chi connectivity index (χ2v) is 4.01. The van der Waals surface area contributed by atoms with E-state index in [4.69, 9.17) is 5.73 Å². The smallest absolute Gasteiger partial charge is 0.255 e. The van der Waals surface area contributed by atoms with Crippen LogP contribution in [0.25, 0.3) is 0 Å². The number of hydrogen-bond acceptors (Lipinski definition) is 3. The number of anilines is 2. The van der Waals surface area contributed by atoms with E-state index >= 15 is 0 Å². The van der Waals surface area contributed by atoms with E-state index in [9.17, 15) is 4.79 Å². The molecule has 0 bridgehead atoms. The first-order valence-corrected chi connectivity index (χ1v) is 5.52. The van der Waals surface area contributed by atoms with Crippen LogP contribution in [0.4, 0.5) is 11.4 Å². The van der Waals surface area contributed by atoms with E-state index in [1.807, 2.05) is 6.08 Å². The minimum Gasteiger partial charge on any atom is -0.399 e. The van der Waals surface area contributed by atoms with Crippen molar-refractivity contribution in [2.75, 3.05) is 31.7 Å². The number of amides is 1. The Labute approximate surface area is 102 Å². The van der Waals surface area contributed by atoms with Gasteiger partial charge in [0.2, 0.25) is 0 Å². The molecule has 3 N–H and O–H groups in total. The molecule has 92 valence electrons. The number of nitrogens with zero attached hydrogens (tertiary/aromatic N) is 1. The third kappa shape index (κ3) is 3.52. The first-order chi connectivity index (χ1) is 8.06. The van der Waals surface area contributed by atoms with Crippen LogP contribution in [0.5, 0.6) is 0 Å². The van der Waals surface area contributed by atoms with Gasteiger partial charge in [-0.05, 0) is 24.6 Å². The number of benzene rings is 1. The largest absolute Gasteiger partial charge is 0.399 e. The lowest BCUT2D eigenvalue weighted by Gasteiger charge is -2.15. The van der Waals surface area contributed by atoms with Gasteiger partial charge in [-0.2, -0.15) is 0 Å². The van der Waals surface area contributed by atoms with Crippen LogP contribution in [-0.4, -0.2) is 31.4 Å². The molecule has 0 unspecified atom stereocenters. The Hall–Kier alpha value is -1.97. The quantitative estimate of drug-likeness (QED) is 0.464. The second kappa shape index (κ2) is 5.94. The van der Waals surface area contributed by atoms with Gasteiger partial charge in [0.25, 0.3) is 5.91 Å². The summed E-state index contributed by atoms with van der Waals surface area (Å²) in [6.45, 7) is 4.39. The van der Waals surface area contributed by atoms with E-state index in [2.05, 4.69) is 11.9 Å². The van der Waals surface area contributed by atoms with Gasteiger partial charge in [0.1, 0.15) is 0 Å². The van der Waals surface area contributed by atoms with Crippen LogP contribution in [0.3, 0.4) is 0 Å². The Bertz CT molecular complexity index is 413. The van der Waals surface area contributed by atoms with Crippen molar-refractivity contribution in [2.45, 2.75) is 6.42 Å². The van der Waals surface area contributed by atoms with Gasteiger partial charge >= 0.3 is 0 Å². The van der Waals surface area contributed by atoms with Gasteiger partial charge in [-0.3, -0.25) is 4.79 Å². The number of nitrogen functional groups attached to an aromatic ring is 1. The van der Waals surface area contributed by atoms with Gasteiger partial charge in [-0.25, -0.2) is 0 Å². The molecule has 0 fully saturated rings. The van der Waals surface area contributed by atoms with Crippen LogP contribution in [0.15, 0.2) is 30.9 Å². The molecule has 0 radical (unpaired) electrons. The molecule has 1 amide bonds. The van der Waals surface area contributed by atoms with Crippen molar-refractivity contribution < 1.29 is 4.79 Å². The fourth-order valence-corrected chi connectivity index (χ4v) is 1.44. The first-order valence-electron chi connectivity index (χ1n) is 5.52. The van der Waals surface area contributed by atoms with Crippen LogP contribution in [0.2, 0.25) is 0 Å². The molecule has 0 spiro atoms. The zero-order valence-corrected chi connectivity index (χ0v) is 10.4. The number of carbonyl (C=O) groups excluding carboxylic acids is 1. The van der Waals surface area contributed by atoms with Gasteiger partial charge in [0.15, 0.2) is 0 Å². The predicted octanol–water partition coefficient (Wildman–Crippen LogP) is 1.96. The molecule has 4 nitrogen and oxygen atoms in total. The summed E-state index contributed by atoms with van der Waals surface area (Å²) in [5.41, 5.74) is 7.76. The number of rotatable bonds is 5. The lowest BCUT2D eigenvalue weighted by molar-refractivity contribution is 0.0828. The summed E-state index contributed by atoms with van der Waals surface area (Å²) in [6, 6.07) is 5.25. The molecule has 0 aliphatic rings. The lowest BCUT2D eigenvalue weighted by atomic mass is 10.1. The van der Waals surface area contributed by atoms with E-state index in [-0.39, 0.29) is 5.91 Å². The molecule has 0 heterocycles. The fourth-order valence-electron chi connectivity index (χ4n) is 1.44. The predicted molar refractivity (Wildman–Crippen MR) is 72.2 cm³/mol. The van der Waals surface area contributed by atoms with Gasteiger partial charge < -0.3 is 16.0 Å². The minimum atomic E-state index is -0.0360. The summed E-state index contributed by atoms with van der Waals surface area (Å²) >= 11 is 0. The highest BCUT2D eigenvalue weighted by atomic mass is 16.2. The Morgan fingerprint density at radius 2 is 2.24 bits per heavy atom. The Balaban J connectivity index is 2.95. The summed E-state index contributed by atoms with van der Waals surface area (Å²) in [5, 5.41) is 3.19. The van der Waals surface area contributed by atoms with E-state index < -0.39 is 0 Å². The summed E-state index contributed by atoms with van der Waals surface area (Å²) in [6.07, 6.45) is 2.66. The van der Waals surface area contributed by atoms with E-state index in [1.165, 1.54) is 0 Å². The molecule has 1 rings (SSSR count). The van der Waals surface area contributed by atoms with E-state index in [0.717, 1.165) is 18.7 Å². The minimum absolute atomic E-state index is 0.0360. The second-order valence-electron chi connectivity index (χ2n) is 4.01. The van der Waals surface area contributed by atoms with Crippen LogP contribution >= 0.6 is 0 Å². The molecule has 1 aromatic carbocycles. The summed E-state index contributed by atoms with van der Waals surface area (Å²) in [4.78, 5) is 13.5. The van der Waals surface area contributed by atoms with Crippen molar-refractivity contribution in [1.82, 2.24) is 4.90 Å². The molecule has 0 saturated carbocycles. The van der Waals surface area contributed by atoms with Gasteiger partial charge in [-0.15, -0.1) is 6.58 Å². The molecule has 0 aliphatic heterocycles. The number of nitrogens with one attached hydrogen (secondary N) is 1. The van der Waals surface area contributed by atoms with Crippen LogP contribution in [0.1, 0.15) is 16.8 Å². The van der Waals surface area contributed by atoms with E-state index in [1.54, 1.807) is 37.2 Å². The average molecular weight is 233 g/mol. The van der Waals surface area contributed by atoms with Crippen LogP contribution < -0.4 is 11.1 Å². The van der Waals surface area contributed by atoms with Crippen LogP contribution in [0, 0.1) is 0 Å². The van der Waals surface area contributed by atoms with Gasteiger partial charge in [0.05, 0.1) is 5.56 Å². The molecular formula is C13H19N3O. The summed E-state index contributed by atoms with van der Waals surface area (Å²) in [7, 11) is 3.46. The number of hydrogen-bond donors (Lipinski definition) is 2. The maximum Gasteiger partial charge on any atom is 0.255 e. The molecule has 17 heavy (non-hydrogen) atoms. The van der Waals surface area contributed by atoms with Crippen molar-refractivity contribution in [3.63, 3.8) is 0 Å². The van der Waals surface area contributed by atoms with Crippen molar-refractivity contribution in [2.24, 2.45) is 0 Å². The highest BCUT2D eigenvalue weighted by Crippen LogP contribution is 2.20. The molecule has 1 aromatic rings. The molecule has 0 aliphatic carbocycles. The normalized spacial score (nSPS) is 9.76.